The third kappa shape index (κ3) is 4.55. The van der Waals surface area contributed by atoms with Crippen molar-refractivity contribution >= 4 is 5.97 Å². The molecule has 0 heterocycles. The Morgan fingerprint density at radius 2 is 2.05 bits per heavy atom. The van der Waals surface area contributed by atoms with Gasteiger partial charge in [-0.05, 0) is 37.2 Å². The summed E-state index contributed by atoms with van der Waals surface area (Å²) in [6.07, 6.45) is 3.22. The van der Waals surface area contributed by atoms with Gasteiger partial charge in [-0.2, -0.15) is 0 Å². The molecule has 114 valence electrons. The predicted octanol–water partition coefficient (Wildman–Crippen LogP) is 2.86. The van der Waals surface area contributed by atoms with Gasteiger partial charge in [-0.1, -0.05) is 30.3 Å². The largest absolute Gasteiger partial charge is 0.466 e. The molecular formula is C16H21NO4. The van der Waals surface area contributed by atoms with Crippen LogP contribution in [0.15, 0.2) is 30.3 Å². The lowest BCUT2D eigenvalue weighted by Crippen LogP contribution is -2.44. The van der Waals surface area contributed by atoms with Crippen molar-refractivity contribution in [3.8, 4) is 0 Å². The third-order valence-electron chi connectivity index (χ3n) is 4.21. The summed E-state index contributed by atoms with van der Waals surface area (Å²) in [7, 11) is 0. The SMILES string of the molecule is CC(=O)OCCC1(C[N+](=O)[O-])CC(Cc2ccccc2)C1. The Balaban J connectivity index is 1.86. The van der Waals surface area contributed by atoms with Gasteiger partial charge in [0.2, 0.25) is 6.54 Å². The molecule has 1 aromatic carbocycles. The Bertz CT molecular complexity index is 494. The number of hydrogen-bond donors (Lipinski definition) is 0. The van der Waals surface area contributed by atoms with Crippen molar-refractivity contribution in [3.05, 3.63) is 46.0 Å². The lowest BCUT2D eigenvalue weighted by molar-refractivity contribution is -0.503. The summed E-state index contributed by atoms with van der Waals surface area (Å²) >= 11 is 0. The normalized spacial score (nSPS) is 24.1. The number of hydrogen-bond acceptors (Lipinski definition) is 4. The van der Waals surface area contributed by atoms with E-state index in [0.29, 0.717) is 12.3 Å². The molecule has 0 aliphatic heterocycles. The molecule has 0 aromatic heterocycles. The minimum absolute atomic E-state index is 0.0282. The fourth-order valence-electron chi connectivity index (χ4n) is 3.35. The molecule has 1 aliphatic carbocycles. The first-order valence-corrected chi connectivity index (χ1v) is 7.28. The van der Waals surface area contributed by atoms with E-state index in [9.17, 15) is 14.9 Å². The molecule has 0 saturated heterocycles. The lowest BCUT2D eigenvalue weighted by atomic mass is 9.59. The van der Waals surface area contributed by atoms with Crippen molar-refractivity contribution in [1.82, 2.24) is 0 Å². The molecule has 0 amide bonds. The Morgan fingerprint density at radius 1 is 1.38 bits per heavy atom. The van der Waals surface area contributed by atoms with E-state index in [1.54, 1.807) is 0 Å². The molecule has 1 saturated carbocycles. The second-order valence-corrected chi connectivity index (χ2v) is 6.04. The van der Waals surface area contributed by atoms with Crippen LogP contribution in [0.25, 0.3) is 0 Å². The first-order valence-electron chi connectivity index (χ1n) is 7.28. The van der Waals surface area contributed by atoms with E-state index in [1.807, 2.05) is 18.2 Å². The summed E-state index contributed by atoms with van der Waals surface area (Å²) in [5.74, 6) is 0.163. The van der Waals surface area contributed by atoms with Crippen LogP contribution in [0.1, 0.15) is 31.7 Å². The first-order chi connectivity index (χ1) is 9.99. The highest BCUT2D eigenvalue weighted by Gasteiger charge is 2.47. The molecule has 21 heavy (non-hydrogen) atoms. The van der Waals surface area contributed by atoms with E-state index in [0.717, 1.165) is 19.3 Å². The number of nitro groups is 1. The quantitative estimate of drug-likeness (QED) is 0.440. The standard InChI is InChI=1S/C16H21NO4/c1-13(18)21-8-7-16(12-17(19)20)10-15(11-16)9-14-5-3-2-4-6-14/h2-6,15H,7-12H2,1H3. The molecule has 2 rings (SSSR count). The van der Waals surface area contributed by atoms with Crippen LogP contribution >= 0.6 is 0 Å². The minimum Gasteiger partial charge on any atom is -0.466 e. The van der Waals surface area contributed by atoms with Crippen LogP contribution in [0.4, 0.5) is 0 Å². The summed E-state index contributed by atoms with van der Waals surface area (Å²) in [6, 6.07) is 10.2. The Hall–Kier alpha value is -1.91. The smallest absolute Gasteiger partial charge is 0.302 e. The number of nitrogens with zero attached hydrogens (tertiary/aromatic N) is 1. The maximum atomic E-state index is 10.9. The van der Waals surface area contributed by atoms with E-state index in [-0.39, 0.29) is 29.5 Å². The van der Waals surface area contributed by atoms with Crippen molar-refractivity contribution in [2.24, 2.45) is 11.3 Å². The molecule has 1 aliphatic rings. The van der Waals surface area contributed by atoms with Crippen LogP contribution in [0, 0.1) is 21.4 Å². The minimum atomic E-state index is -0.327. The van der Waals surface area contributed by atoms with Gasteiger partial charge in [-0.25, -0.2) is 0 Å². The van der Waals surface area contributed by atoms with Gasteiger partial charge in [0.05, 0.1) is 6.61 Å². The number of ether oxygens (including phenoxy) is 1. The van der Waals surface area contributed by atoms with Crippen molar-refractivity contribution in [3.63, 3.8) is 0 Å². The molecular weight excluding hydrogens is 270 g/mol. The monoisotopic (exact) mass is 291 g/mol. The summed E-state index contributed by atoms with van der Waals surface area (Å²) in [5, 5.41) is 10.9. The predicted molar refractivity (Wildman–Crippen MR) is 78.4 cm³/mol. The Labute approximate surface area is 124 Å². The average Bonchev–Trinajstić information content (AvgIpc) is 2.36. The second-order valence-electron chi connectivity index (χ2n) is 6.04. The van der Waals surface area contributed by atoms with E-state index >= 15 is 0 Å². The van der Waals surface area contributed by atoms with Gasteiger partial charge in [-0.3, -0.25) is 14.9 Å². The molecule has 1 fully saturated rings. The fraction of sp³-hybridized carbons (Fsp3) is 0.562. The lowest BCUT2D eigenvalue weighted by Gasteiger charge is -2.45. The molecule has 0 atom stereocenters. The van der Waals surface area contributed by atoms with Crippen molar-refractivity contribution < 1.29 is 14.5 Å². The molecule has 0 unspecified atom stereocenters. The zero-order valence-electron chi connectivity index (χ0n) is 12.3. The molecule has 5 heteroatoms. The molecule has 0 bridgehead atoms. The van der Waals surface area contributed by atoms with Gasteiger partial charge in [0.15, 0.2) is 0 Å². The van der Waals surface area contributed by atoms with Crippen LogP contribution in [-0.2, 0) is 16.0 Å². The number of esters is 1. The van der Waals surface area contributed by atoms with E-state index in [2.05, 4.69) is 12.1 Å². The third-order valence-corrected chi connectivity index (χ3v) is 4.21. The first kappa shape index (κ1) is 15.5. The fourth-order valence-corrected chi connectivity index (χ4v) is 3.35. The summed E-state index contributed by atoms with van der Waals surface area (Å²) < 4.78 is 4.95. The van der Waals surface area contributed by atoms with Gasteiger partial charge in [-0.15, -0.1) is 0 Å². The van der Waals surface area contributed by atoms with Gasteiger partial charge in [0.25, 0.3) is 0 Å². The number of carbonyl (C=O) groups is 1. The van der Waals surface area contributed by atoms with Crippen LogP contribution in [-0.4, -0.2) is 24.0 Å². The van der Waals surface area contributed by atoms with Gasteiger partial charge in [0.1, 0.15) is 0 Å². The average molecular weight is 291 g/mol. The number of carbonyl (C=O) groups excluding carboxylic acids is 1. The van der Waals surface area contributed by atoms with Gasteiger partial charge in [0, 0.05) is 17.3 Å². The summed E-state index contributed by atoms with van der Waals surface area (Å²) in [5.41, 5.74) is 0.982. The highest BCUT2D eigenvalue weighted by Crippen LogP contribution is 2.49. The van der Waals surface area contributed by atoms with Crippen molar-refractivity contribution in [1.29, 1.82) is 0 Å². The van der Waals surface area contributed by atoms with Crippen LogP contribution in [0.3, 0.4) is 0 Å². The molecule has 5 nitrogen and oxygen atoms in total. The molecule has 0 spiro atoms. The van der Waals surface area contributed by atoms with Crippen molar-refractivity contribution in [2.75, 3.05) is 13.2 Å². The highest BCUT2D eigenvalue weighted by atomic mass is 16.6. The van der Waals surface area contributed by atoms with Crippen LogP contribution in [0.2, 0.25) is 0 Å². The maximum absolute atomic E-state index is 10.9. The van der Waals surface area contributed by atoms with Crippen molar-refractivity contribution in [2.45, 2.75) is 32.6 Å². The molecule has 1 aromatic rings. The summed E-state index contributed by atoms with van der Waals surface area (Å²) in [4.78, 5) is 21.4. The number of rotatable bonds is 7. The Kier molecular flexibility index (Phi) is 4.94. The Morgan fingerprint density at radius 3 is 2.62 bits per heavy atom. The second kappa shape index (κ2) is 6.70. The van der Waals surface area contributed by atoms with Gasteiger partial charge >= 0.3 is 5.97 Å². The zero-order valence-corrected chi connectivity index (χ0v) is 12.3. The van der Waals surface area contributed by atoms with Crippen LogP contribution < -0.4 is 0 Å². The van der Waals surface area contributed by atoms with E-state index in [1.165, 1.54) is 12.5 Å². The number of benzene rings is 1. The van der Waals surface area contributed by atoms with Gasteiger partial charge < -0.3 is 4.74 Å². The van der Waals surface area contributed by atoms with Crippen LogP contribution in [0.5, 0.6) is 0 Å². The molecule has 0 N–H and O–H groups in total. The summed E-state index contributed by atoms with van der Waals surface area (Å²) in [6.45, 7) is 1.61. The molecule has 0 radical (unpaired) electrons. The highest BCUT2D eigenvalue weighted by molar-refractivity contribution is 5.65. The zero-order chi connectivity index (χ0) is 15.3. The van der Waals surface area contributed by atoms with E-state index < -0.39 is 0 Å². The maximum Gasteiger partial charge on any atom is 0.302 e. The van der Waals surface area contributed by atoms with E-state index in [4.69, 9.17) is 4.74 Å². The topological polar surface area (TPSA) is 69.4 Å².